The van der Waals surface area contributed by atoms with Crippen molar-refractivity contribution in [1.29, 1.82) is 0 Å². The monoisotopic (exact) mass is 240 g/mol. The molecule has 0 saturated heterocycles. The molecule has 0 aromatic carbocycles. The first kappa shape index (κ1) is 13.2. The first-order chi connectivity index (χ1) is 7.93. The van der Waals surface area contributed by atoms with Crippen molar-refractivity contribution in [2.45, 2.75) is 24.9 Å². The molecule has 3 amide bonds. The van der Waals surface area contributed by atoms with E-state index in [0.29, 0.717) is 6.54 Å². The van der Waals surface area contributed by atoms with Gasteiger partial charge in [-0.3, -0.25) is 14.4 Å². The molecule has 1 aliphatic rings. The van der Waals surface area contributed by atoms with Crippen molar-refractivity contribution in [3.63, 3.8) is 0 Å². The molecule has 1 heterocycles. The maximum atomic E-state index is 11.9. The van der Waals surface area contributed by atoms with E-state index in [2.05, 4.69) is 0 Å². The van der Waals surface area contributed by atoms with Gasteiger partial charge in [-0.15, -0.1) is 0 Å². The Morgan fingerprint density at radius 2 is 2.00 bits per heavy atom. The molecule has 94 valence electrons. The van der Waals surface area contributed by atoms with E-state index in [9.17, 15) is 14.4 Å². The summed E-state index contributed by atoms with van der Waals surface area (Å²) in [5.74, 6) is -1.52. The third-order valence-electron chi connectivity index (χ3n) is 2.55. The lowest BCUT2D eigenvalue weighted by atomic mass is 10.1. The van der Waals surface area contributed by atoms with Crippen molar-refractivity contribution >= 4 is 17.7 Å². The first-order valence-electron chi connectivity index (χ1n) is 5.24. The Kier molecular flexibility index (Phi) is 4.22. The van der Waals surface area contributed by atoms with Crippen LogP contribution in [0.4, 0.5) is 0 Å². The fraction of sp³-hybridized carbons (Fsp3) is 0.500. The molecule has 1 unspecified atom stereocenters. The molecule has 7 nitrogen and oxygen atoms in total. The topological polar surface area (TPSA) is 133 Å². The summed E-state index contributed by atoms with van der Waals surface area (Å²) in [5, 5.41) is 0. The first-order valence-corrected chi connectivity index (χ1v) is 5.24. The lowest BCUT2D eigenvalue weighted by Crippen LogP contribution is -2.50. The van der Waals surface area contributed by atoms with Crippen molar-refractivity contribution in [1.82, 2.24) is 4.90 Å². The van der Waals surface area contributed by atoms with Gasteiger partial charge in [0.05, 0.1) is 6.04 Å². The molecule has 0 bridgehead atoms. The molecule has 0 radical (unpaired) electrons. The standard InChI is InChI=1S/C10H16N4O3/c11-6(3-4-8(12)15)10(17)14-5-1-2-7(14)9(13)16/h1-2,6-7H,3-5,11H2,(H2,12,15)(H2,13,16)/t6-,7?/m0/s1. The zero-order chi connectivity index (χ0) is 13.0. The highest BCUT2D eigenvalue weighted by Crippen LogP contribution is 2.12. The van der Waals surface area contributed by atoms with Gasteiger partial charge in [0.2, 0.25) is 17.7 Å². The molecule has 0 spiro atoms. The Bertz CT molecular complexity index is 367. The lowest BCUT2D eigenvalue weighted by molar-refractivity contribution is -0.137. The summed E-state index contributed by atoms with van der Waals surface area (Å²) < 4.78 is 0. The molecule has 6 N–H and O–H groups in total. The van der Waals surface area contributed by atoms with E-state index in [1.165, 1.54) is 4.90 Å². The van der Waals surface area contributed by atoms with Crippen LogP contribution in [-0.4, -0.2) is 41.2 Å². The molecule has 17 heavy (non-hydrogen) atoms. The van der Waals surface area contributed by atoms with Gasteiger partial charge in [-0.1, -0.05) is 12.2 Å². The highest BCUT2D eigenvalue weighted by molar-refractivity contribution is 5.91. The van der Waals surface area contributed by atoms with Crippen LogP contribution in [0, 0.1) is 0 Å². The Balaban J connectivity index is 2.57. The van der Waals surface area contributed by atoms with Gasteiger partial charge in [-0.2, -0.15) is 0 Å². The van der Waals surface area contributed by atoms with Crippen molar-refractivity contribution < 1.29 is 14.4 Å². The van der Waals surface area contributed by atoms with E-state index in [0.717, 1.165) is 0 Å². The van der Waals surface area contributed by atoms with E-state index in [4.69, 9.17) is 17.2 Å². The molecular weight excluding hydrogens is 224 g/mol. The van der Waals surface area contributed by atoms with Crippen LogP contribution in [0.5, 0.6) is 0 Å². The minimum Gasteiger partial charge on any atom is -0.370 e. The van der Waals surface area contributed by atoms with Crippen LogP contribution in [0.15, 0.2) is 12.2 Å². The second-order valence-electron chi connectivity index (χ2n) is 3.88. The van der Waals surface area contributed by atoms with Crippen molar-refractivity contribution in [2.75, 3.05) is 6.54 Å². The molecular formula is C10H16N4O3. The molecule has 7 heteroatoms. The van der Waals surface area contributed by atoms with Gasteiger partial charge >= 0.3 is 0 Å². The fourth-order valence-electron chi connectivity index (χ4n) is 1.63. The smallest absolute Gasteiger partial charge is 0.244 e. The zero-order valence-electron chi connectivity index (χ0n) is 9.33. The maximum absolute atomic E-state index is 11.9. The number of carbonyl (C=O) groups excluding carboxylic acids is 3. The summed E-state index contributed by atoms with van der Waals surface area (Å²) in [4.78, 5) is 34.8. The van der Waals surface area contributed by atoms with Crippen molar-refractivity contribution in [3.8, 4) is 0 Å². The molecule has 0 saturated carbocycles. The highest BCUT2D eigenvalue weighted by atomic mass is 16.2. The van der Waals surface area contributed by atoms with Crippen LogP contribution in [-0.2, 0) is 14.4 Å². The number of nitrogens with two attached hydrogens (primary N) is 3. The number of rotatable bonds is 5. The van der Waals surface area contributed by atoms with E-state index in [1.54, 1.807) is 12.2 Å². The predicted octanol–water partition coefficient (Wildman–Crippen LogP) is -2.17. The summed E-state index contributed by atoms with van der Waals surface area (Å²) >= 11 is 0. The third-order valence-corrected chi connectivity index (χ3v) is 2.55. The minimum absolute atomic E-state index is 0.0371. The summed E-state index contributed by atoms with van der Waals surface area (Å²) in [7, 11) is 0. The van der Waals surface area contributed by atoms with Crippen LogP contribution in [0.1, 0.15) is 12.8 Å². The molecule has 0 aliphatic carbocycles. The van der Waals surface area contributed by atoms with E-state index >= 15 is 0 Å². The number of carbonyl (C=O) groups is 3. The summed E-state index contributed by atoms with van der Waals surface area (Å²) in [6, 6.07) is -1.59. The summed E-state index contributed by atoms with van der Waals surface area (Å²) in [6.45, 7) is 0.302. The highest BCUT2D eigenvalue weighted by Gasteiger charge is 2.31. The number of amides is 3. The summed E-state index contributed by atoms with van der Waals surface area (Å²) in [5.41, 5.74) is 15.7. The number of hydrogen-bond acceptors (Lipinski definition) is 4. The Morgan fingerprint density at radius 3 is 2.53 bits per heavy atom. The largest absolute Gasteiger partial charge is 0.370 e. The summed E-state index contributed by atoms with van der Waals surface area (Å²) in [6.07, 6.45) is 3.43. The molecule has 0 aromatic rings. The average molecular weight is 240 g/mol. The van der Waals surface area contributed by atoms with Crippen molar-refractivity contribution in [3.05, 3.63) is 12.2 Å². The van der Waals surface area contributed by atoms with Gasteiger partial charge in [-0.05, 0) is 6.42 Å². The van der Waals surface area contributed by atoms with Crippen LogP contribution < -0.4 is 17.2 Å². The van der Waals surface area contributed by atoms with Crippen LogP contribution in [0.3, 0.4) is 0 Å². The Hall–Kier alpha value is -1.89. The number of nitrogens with zero attached hydrogens (tertiary/aromatic N) is 1. The maximum Gasteiger partial charge on any atom is 0.244 e. The van der Waals surface area contributed by atoms with Crippen LogP contribution in [0.25, 0.3) is 0 Å². The van der Waals surface area contributed by atoms with Crippen LogP contribution >= 0.6 is 0 Å². The molecule has 0 fully saturated rings. The van der Waals surface area contributed by atoms with Gasteiger partial charge in [0.15, 0.2) is 0 Å². The Labute approximate surface area is 98.6 Å². The molecule has 1 aliphatic heterocycles. The average Bonchev–Trinajstić information content (AvgIpc) is 2.73. The van der Waals surface area contributed by atoms with Gasteiger partial charge < -0.3 is 22.1 Å². The van der Waals surface area contributed by atoms with E-state index in [-0.39, 0.29) is 12.8 Å². The molecule has 1 rings (SSSR count). The van der Waals surface area contributed by atoms with Crippen LogP contribution in [0.2, 0.25) is 0 Å². The lowest BCUT2D eigenvalue weighted by Gasteiger charge is -2.25. The normalized spacial score (nSPS) is 20.3. The number of primary amides is 2. The third kappa shape index (κ3) is 3.28. The fourth-order valence-corrected chi connectivity index (χ4v) is 1.63. The van der Waals surface area contributed by atoms with E-state index in [1.807, 2.05) is 0 Å². The van der Waals surface area contributed by atoms with Gasteiger partial charge in [0.1, 0.15) is 6.04 Å². The zero-order valence-corrected chi connectivity index (χ0v) is 9.33. The SMILES string of the molecule is NC(=O)CC[C@H](N)C(=O)N1CC=CC1C(N)=O. The second-order valence-corrected chi connectivity index (χ2v) is 3.88. The molecule has 2 atom stereocenters. The van der Waals surface area contributed by atoms with Crippen molar-refractivity contribution in [2.24, 2.45) is 17.2 Å². The predicted molar refractivity (Wildman–Crippen MR) is 60.2 cm³/mol. The van der Waals surface area contributed by atoms with Gasteiger partial charge in [0.25, 0.3) is 0 Å². The second kappa shape index (κ2) is 5.44. The van der Waals surface area contributed by atoms with Gasteiger partial charge in [-0.25, -0.2) is 0 Å². The molecule has 0 aromatic heterocycles. The van der Waals surface area contributed by atoms with E-state index < -0.39 is 29.8 Å². The Morgan fingerprint density at radius 1 is 1.35 bits per heavy atom. The quantitative estimate of drug-likeness (QED) is 0.471. The number of hydrogen-bond donors (Lipinski definition) is 3. The minimum atomic E-state index is -0.843. The van der Waals surface area contributed by atoms with Gasteiger partial charge in [0, 0.05) is 13.0 Å².